The highest BCUT2D eigenvalue weighted by Gasteiger charge is 2.18. The van der Waals surface area contributed by atoms with Gasteiger partial charge in [-0.2, -0.15) is 0 Å². The van der Waals surface area contributed by atoms with Crippen LogP contribution in [-0.2, 0) is 24.3 Å². The molecule has 0 spiro atoms. The molecule has 59 heavy (non-hydrogen) atoms. The lowest BCUT2D eigenvalue weighted by Crippen LogP contribution is -2.12. The molecule has 0 saturated heterocycles. The molecule has 0 radical (unpaired) electrons. The van der Waals surface area contributed by atoms with E-state index in [-0.39, 0.29) is 34.9 Å². The average Bonchev–Trinajstić information content (AvgIpc) is 3.72. The van der Waals surface area contributed by atoms with Crippen LogP contribution in [-0.4, -0.2) is 52.3 Å². The third-order valence-electron chi connectivity index (χ3n) is 9.45. The van der Waals surface area contributed by atoms with E-state index in [4.69, 9.17) is 23.4 Å². The number of benzene rings is 5. The molecule has 0 aliphatic rings. The van der Waals surface area contributed by atoms with Crippen molar-refractivity contribution in [3.63, 3.8) is 0 Å². The van der Waals surface area contributed by atoms with E-state index in [2.05, 4.69) is 10.3 Å². The lowest BCUT2D eigenvalue weighted by atomic mass is 10.1. The maximum absolute atomic E-state index is 13.5. The van der Waals surface area contributed by atoms with Gasteiger partial charge in [-0.3, -0.25) is 9.59 Å². The molecule has 300 valence electrons. The van der Waals surface area contributed by atoms with Gasteiger partial charge in [0, 0.05) is 11.8 Å². The zero-order chi connectivity index (χ0) is 40.8. The first-order valence-corrected chi connectivity index (χ1v) is 19.6. The Hall–Kier alpha value is -6.98. The molecular formula is C48H45N3O8. The van der Waals surface area contributed by atoms with Gasteiger partial charge in [0.05, 0.1) is 43.0 Å². The lowest BCUT2D eigenvalue weighted by Gasteiger charge is -2.13. The zero-order valence-corrected chi connectivity index (χ0v) is 32.8. The molecule has 0 fully saturated rings. The fourth-order valence-electron chi connectivity index (χ4n) is 6.33. The summed E-state index contributed by atoms with van der Waals surface area (Å²) in [6.07, 6.45) is 7.66. The first-order chi connectivity index (χ1) is 28.9. The number of aromatic nitrogens is 3. The van der Waals surface area contributed by atoms with Gasteiger partial charge in [0.15, 0.2) is 11.5 Å². The summed E-state index contributed by atoms with van der Waals surface area (Å²) in [6.45, 7) is 4.37. The summed E-state index contributed by atoms with van der Waals surface area (Å²) >= 11 is 0. The van der Waals surface area contributed by atoms with Crippen LogP contribution < -0.4 is 19.6 Å². The van der Waals surface area contributed by atoms with E-state index in [1.165, 1.54) is 6.08 Å². The quantitative estimate of drug-likeness (QED) is 0.0453. The highest BCUT2D eigenvalue weighted by molar-refractivity contribution is 6.08. The van der Waals surface area contributed by atoms with Crippen LogP contribution in [0.2, 0.25) is 0 Å². The number of ketones is 1. The summed E-state index contributed by atoms with van der Waals surface area (Å²) in [5.41, 5.74) is 4.79. The van der Waals surface area contributed by atoms with Crippen LogP contribution in [0.3, 0.4) is 0 Å². The number of carbonyl (C=O) groups excluding carboxylic acids is 1. The molecule has 1 N–H and O–H groups in total. The van der Waals surface area contributed by atoms with Gasteiger partial charge < -0.3 is 28.5 Å². The number of carbonyl (C=O) groups is 1. The van der Waals surface area contributed by atoms with Crippen molar-refractivity contribution in [2.24, 2.45) is 0 Å². The van der Waals surface area contributed by atoms with E-state index in [9.17, 15) is 14.7 Å². The van der Waals surface area contributed by atoms with Crippen LogP contribution in [0.1, 0.15) is 45.6 Å². The van der Waals surface area contributed by atoms with E-state index < -0.39 is 0 Å². The first-order valence-electron chi connectivity index (χ1n) is 19.6. The number of ether oxygens (including phenoxy) is 4. The molecule has 0 atom stereocenters. The van der Waals surface area contributed by atoms with E-state index in [0.717, 1.165) is 47.4 Å². The predicted octanol–water partition coefficient (Wildman–Crippen LogP) is 9.04. The number of hydrogen-bond acceptors (Lipinski definition) is 10. The lowest BCUT2D eigenvalue weighted by molar-refractivity contribution is 0.0923. The van der Waals surface area contributed by atoms with Crippen LogP contribution in [0.4, 0.5) is 0 Å². The van der Waals surface area contributed by atoms with Crippen molar-refractivity contribution in [1.29, 1.82) is 0 Å². The first kappa shape index (κ1) is 40.2. The number of allylic oxidation sites excluding steroid dienone is 1. The third kappa shape index (κ3) is 11.1. The van der Waals surface area contributed by atoms with Crippen molar-refractivity contribution in [3.05, 3.63) is 172 Å². The maximum Gasteiger partial charge on any atom is 0.235 e. The number of phenols is 1. The Morgan fingerprint density at radius 3 is 2.46 bits per heavy atom. The molecule has 2 heterocycles. The van der Waals surface area contributed by atoms with E-state index in [1.54, 1.807) is 47.2 Å². The molecule has 0 saturated carbocycles. The van der Waals surface area contributed by atoms with Gasteiger partial charge in [0.2, 0.25) is 11.2 Å². The highest BCUT2D eigenvalue weighted by Crippen LogP contribution is 2.33. The minimum atomic E-state index is -0.255. The van der Waals surface area contributed by atoms with Crippen molar-refractivity contribution >= 4 is 22.8 Å². The molecule has 0 unspecified atom stereocenters. The fraction of sp³-hybridized carbons (Fsp3) is 0.208. The molecule has 0 aliphatic heterocycles. The van der Waals surface area contributed by atoms with Crippen molar-refractivity contribution < 1.29 is 33.3 Å². The largest absolute Gasteiger partial charge is 0.507 e. The number of fused-ring (bicyclic) bond motifs is 1. The zero-order valence-electron chi connectivity index (χ0n) is 32.8. The van der Waals surface area contributed by atoms with Crippen molar-refractivity contribution in [1.82, 2.24) is 15.0 Å². The Bertz CT molecular complexity index is 2560. The standard InChI is InChI=1S/C48H45N3O8/c1-34-17-23-41(44(53)30-34)43(52)24-20-35-18-21-39(22-19-35)56-26-8-7-13-38-32-51(50-49-38)25-27-55-28-29-57-40-14-9-12-37(31-40)47-48(58-33-36-10-3-2-4-11-36)46(54)42-15-5-6-16-45(42)59-47/h2-6,9-12,14-24,30-32,53H,7-8,13,25-29,33H2,1H3/b24-20+. The Balaban J connectivity index is 0.802. The van der Waals surface area contributed by atoms with Gasteiger partial charge in [-0.25, -0.2) is 4.68 Å². The van der Waals surface area contributed by atoms with Gasteiger partial charge in [-0.05, 0) is 97.5 Å². The second kappa shape index (κ2) is 19.9. The van der Waals surface area contributed by atoms with Crippen LogP contribution in [0.5, 0.6) is 23.0 Å². The fourth-order valence-corrected chi connectivity index (χ4v) is 6.33. The predicted molar refractivity (Wildman–Crippen MR) is 226 cm³/mol. The number of rotatable bonds is 20. The second-order valence-corrected chi connectivity index (χ2v) is 13.9. The van der Waals surface area contributed by atoms with Crippen LogP contribution in [0, 0.1) is 6.92 Å². The maximum atomic E-state index is 13.5. The minimum Gasteiger partial charge on any atom is -0.507 e. The SMILES string of the molecule is Cc1ccc(C(=O)/C=C/c2ccc(OCCCCc3cn(CCOCCOc4cccc(-c5oc6ccccc6c(=O)c5OCc5ccccc5)c4)nn3)cc2)c(O)c1. The number of phenolic OH excluding ortho intramolecular Hbond substituents is 1. The van der Waals surface area contributed by atoms with Crippen LogP contribution in [0.25, 0.3) is 28.4 Å². The number of aryl methyl sites for hydroxylation is 2. The summed E-state index contributed by atoms with van der Waals surface area (Å²) in [5.74, 6) is 1.59. The Morgan fingerprint density at radius 1 is 0.797 bits per heavy atom. The molecule has 0 aliphatic carbocycles. The summed E-state index contributed by atoms with van der Waals surface area (Å²) in [6, 6.07) is 36.7. The van der Waals surface area contributed by atoms with Gasteiger partial charge in [-0.1, -0.05) is 84.1 Å². The van der Waals surface area contributed by atoms with Gasteiger partial charge >= 0.3 is 0 Å². The molecule has 7 aromatic rings. The highest BCUT2D eigenvalue weighted by atomic mass is 16.5. The Kier molecular flexibility index (Phi) is 13.6. The third-order valence-corrected chi connectivity index (χ3v) is 9.45. The number of unbranched alkanes of at least 4 members (excludes halogenated alkanes) is 1. The second-order valence-electron chi connectivity index (χ2n) is 13.9. The summed E-state index contributed by atoms with van der Waals surface area (Å²) < 4.78 is 31.8. The summed E-state index contributed by atoms with van der Waals surface area (Å²) in [7, 11) is 0. The summed E-state index contributed by atoms with van der Waals surface area (Å²) in [5, 5.41) is 19.0. The van der Waals surface area contributed by atoms with Gasteiger partial charge in [-0.15, -0.1) is 5.10 Å². The Labute approximate surface area is 342 Å². The molecule has 7 rings (SSSR count). The monoisotopic (exact) mass is 791 g/mol. The number of aromatic hydroxyl groups is 1. The molecular weight excluding hydrogens is 747 g/mol. The topological polar surface area (TPSA) is 135 Å². The van der Waals surface area contributed by atoms with Gasteiger partial charge in [0.1, 0.15) is 36.0 Å². The molecule has 5 aromatic carbocycles. The van der Waals surface area contributed by atoms with Crippen molar-refractivity contribution in [2.75, 3.05) is 26.4 Å². The average molecular weight is 792 g/mol. The molecule has 2 aromatic heterocycles. The summed E-state index contributed by atoms with van der Waals surface area (Å²) in [4.78, 5) is 26.0. The van der Waals surface area contributed by atoms with E-state index in [0.29, 0.717) is 61.0 Å². The Morgan fingerprint density at radius 2 is 1.61 bits per heavy atom. The molecule has 11 nitrogen and oxygen atoms in total. The normalized spacial score (nSPS) is 11.3. The smallest absolute Gasteiger partial charge is 0.235 e. The minimum absolute atomic E-state index is 0.0180. The van der Waals surface area contributed by atoms with E-state index >= 15 is 0 Å². The van der Waals surface area contributed by atoms with E-state index in [1.807, 2.05) is 98.0 Å². The van der Waals surface area contributed by atoms with Crippen molar-refractivity contribution in [2.45, 2.75) is 39.3 Å². The van der Waals surface area contributed by atoms with Crippen LogP contribution >= 0.6 is 0 Å². The molecule has 0 bridgehead atoms. The number of para-hydroxylation sites is 1. The molecule has 11 heteroatoms. The number of nitrogens with zero attached hydrogens (tertiary/aromatic N) is 3. The van der Waals surface area contributed by atoms with Gasteiger partial charge in [0.25, 0.3) is 0 Å². The number of hydrogen-bond donors (Lipinski definition) is 1. The van der Waals surface area contributed by atoms with Crippen molar-refractivity contribution in [3.8, 4) is 34.3 Å². The molecule has 0 amide bonds. The van der Waals surface area contributed by atoms with Crippen LogP contribution in [0.15, 0.2) is 143 Å².